The number of hydrogen-bond donors (Lipinski definition) is 2. The Hall–Kier alpha value is -1.43. The smallest absolute Gasteiger partial charge is 0.234 e. The van der Waals surface area contributed by atoms with Crippen LogP contribution in [0.3, 0.4) is 0 Å². The monoisotopic (exact) mass is 197 g/mol. The Morgan fingerprint density at radius 1 is 1.79 bits per heavy atom. The number of amides is 1. The highest BCUT2D eigenvalue weighted by Crippen LogP contribution is 2.00. The van der Waals surface area contributed by atoms with Gasteiger partial charge in [-0.2, -0.15) is 0 Å². The van der Waals surface area contributed by atoms with Gasteiger partial charge in [0.25, 0.3) is 0 Å². The van der Waals surface area contributed by atoms with Crippen LogP contribution in [-0.2, 0) is 18.3 Å². The third-order valence-corrected chi connectivity index (χ3v) is 2.03. The summed E-state index contributed by atoms with van der Waals surface area (Å²) < 4.78 is 1.63. The van der Waals surface area contributed by atoms with Crippen LogP contribution in [0.1, 0.15) is 12.1 Å². The lowest BCUT2D eigenvalue weighted by molar-refractivity contribution is -0.120. The van der Waals surface area contributed by atoms with Crippen LogP contribution in [0.4, 0.5) is 0 Å². The van der Waals surface area contributed by atoms with Gasteiger partial charge < -0.3 is 11.1 Å². The molecule has 1 aromatic rings. The van der Waals surface area contributed by atoms with Crippen LogP contribution in [-0.4, -0.2) is 34.0 Å². The van der Waals surface area contributed by atoms with Crippen LogP contribution in [0, 0.1) is 0 Å². The predicted molar refractivity (Wildman–Crippen MR) is 51.4 cm³/mol. The van der Waals surface area contributed by atoms with E-state index in [1.807, 2.05) is 6.20 Å². The van der Waals surface area contributed by atoms with Crippen molar-refractivity contribution in [2.75, 3.05) is 7.05 Å². The minimum Gasteiger partial charge on any atom is -0.368 e. The highest BCUT2D eigenvalue weighted by Gasteiger charge is 2.12. The molecule has 0 fully saturated rings. The van der Waals surface area contributed by atoms with E-state index < -0.39 is 0 Å². The highest BCUT2D eigenvalue weighted by atomic mass is 16.1. The van der Waals surface area contributed by atoms with Gasteiger partial charge in [0.2, 0.25) is 5.91 Å². The first-order valence-corrected chi connectivity index (χ1v) is 4.45. The molecule has 14 heavy (non-hydrogen) atoms. The Morgan fingerprint density at radius 2 is 2.50 bits per heavy atom. The molecular weight excluding hydrogens is 182 g/mol. The molecule has 0 spiro atoms. The number of nitrogens with zero attached hydrogens (tertiary/aromatic N) is 3. The molecule has 6 heteroatoms. The molecule has 0 bridgehead atoms. The molecule has 0 aliphatic heterocycles. The highest BCUT2D eigenvalue weighted by molar-refractivity contribution is 5.79. The van der Waals surface area contributed by atoms with E-state index in [1.54, 1.807) is 18.8 Å². The maximum Gasteiger partial charge on any atom is 0.234 e. The molecule has 78 valence electrons. The number of primary amides is 1. The number of hydrogen-bond acceptors (Lipinski definition) is 4. The molecule has 1 aromatic heterocycles. The van der Waals surface area contributed by atoms with Gasteiger partial charge in [-0.15, -0.1) is 5.10 Å². The fraction of sp³-hybridized carbons (Fsp3) is 0.625. The maximum atomic E-state index is 10.9. The third-order valence-electron chi connectivity index (χ3n) is 2.03. The summed E-state index contributed by atoms with van der Waals surface area (Å²) in [6.07, 6.45) is 3.17. The first-order chi connectivity index (χ1) is 6.63. The Labute approximate surface area is 82.5 Å². The number of carbonyl (C=O) groups is 1. The van der Waals surface area contributed by atoms with E-state index in [1.165, 1.54) is 0 Å². The second kappa shape index (κ2) is 4.71. The number of nitrogens with one attached hydrogen (secondary N) is 1. The zero-order valence-corrected chi connectivity index (χ0v) is 8.40. The third kappa shape index (κ3) is 2.81. The molecule has 0 saturated heterocycles. The lowest BCUT2D eigenvalue weighted by Gasteiger charge is -2.09. The lowest BCUT2D eigenvalue weighted by Crippen LogP contribution is -2.39. The van der Waals surface area contributed by atoms with Crippen molar-refractivity contribution in [3.63, 3.8) is 0 Å². The summed E-state index contributed by atoms with van der Waals surface area (Å²) in [4.78, 5) is 10.9. The molecule has 0 radical (unpaired) electrons. The summed E-state index contributed by atoms with van der Waals surface area (Å²) in [5, 5.41) is 10.6. The van der Waals surface area contributed by atoms with Crippen LogP contribution in [0.5, 0.6) is 0 Å². The van der Waals surface area contributed by atoms with Crippen LogP contribution in [0.2, 0.25) is 0 Å². The molecule has 0 aliphatic rings. The standard InChI is InChI=1S/C8H15N5O/c1-10-7(8(9)14)4-3-6-5-13(2)12-11-6/h5,7,10H,3-4H2,1-2H3,(H2,9,14). The average molecular weight is 197 g/mol. The molecule has 1 atom stereocenters. The van der Waals surface area contributed by atoms with E-state index in [0.29, 0.717) is 12.8 Å². The van der Waals surface area contributed by atoms with Gasteiger partial charge in [-0.3, -0.25) is 9.48 Å². The number of carbonyl (C=O) groups excluding carboxylic acids is 1. The summed E-state index contributed by atoms with van der Waals surface area (Å²) in [5.74, 6) is -0.337. The van der Waals surface area contributed by atoms with Gasteiger partial charge in [-0.25, -0.2) is 0 Å². The topological polar surface area (TPSA) is 85.8 Å². The van der Waals surface area contributed by atoms with E-state index in [2.05, 4.69) is 15.6 Å². The normalized spacial score (nSPS) is 12.7. The first kappa shape index (κ1) is 10.6. The predicted octanol–water partition coefficient (Wildman–Crippen LogP) is -1.18. The first-order valence-electron chi connectivity index (χ1n) is 4.45. The molecule has 1 amide bonds. The number of aromatic nitrogens is 3. The lowest BCUT2D eigenvalue weighted by atomic mass is 10.1. The minimum absolute atomic E-state index is 0.294. The average Bonchev–Trinajstić information content (AvgIpc) is 2.52. The Bertz CT molecular complexity index is 308. The molecule has 1 rings (SSSR count). The Kier molecular flexibility index (Phi) is 3.58. The minimum atomic E-state index is -0.337. The number of rotatable bonds is 5. The molecule has 0 saturated carbocycles. The van der Waals surface area contributed by atoms with Gasteiger partial charge in [0, 0.05) is 13.2 Å². The summed E-state index contributed by atoms with van der Waals surface area (Å²) in [5.41, 5.74) is 6.04. The van der Waals surface area contributed by atoms with Crippen LogP contribution < -0.4 is 11.1 Å². The van der Waals surface area contributed by atoms with Gasteiger partial charge in [-0.05, 0) is 19.9 Å². The Balaban J connectivity index is 2.43. The van der Waals surface area contributed by atoms with E-state index in [9.17, 15) is 4.79 Å². The van der Waals surface area contributed by atoms with Gasteiger partial charge in [0.15, 0.2) is 0 Å². The number of aryl methyl sites for hydroxylation is 2. The second-order valence-electron chi connectivity index (χ2n) is 3.17. The maximum absolute atomic E-state index is 10.9. The summed E-state index contributed by atoms with van der Waals surface area (Å²) in [6, 6.07) is -0.294. The van der Waals surface area contributed by atoms with Gasteiger partial charge in [0.1, 0.15) is 0 Å². The van der Waals surface area contributed by atoms with Crippen LogP contribution in [0.25, 0.3) is 0 Å². The van der Waals surface area contributed by atoms with E-state index in [4.69, 9.17) is 5.73 Å². The van der Waals surface area contributed by atoms with E-state index >= 15 is 0 Å². The van der Waals surface area contributed by atoms with Crippen molar-refractivity contribution in [3.8, 4) is 0 Å². The van der Waals surface area contributed by atoms with Crippen LogP contribution >= 0.6 is 0 Å². The fourth-order valence-corrected chi connectivity index (χ4v) is 1.23. The van der Waals surface area contributed by atoms with Crippen molar-refractivity contribution in [1.29, 1.82) is 0 Å². The van der Waals surface area contributed by atoms with E-state index in [0.717, 1.165) is 5.69 Å². The van der Waals surface area contributed by atoms with Crippen molar-refractivity contribution in [2.45, 2.75) is 18.9 Å². The molecular formula is C8H15N5O. The van der Waals surface area contributed by atoms with Crippen molar-refractivity contribution in [2.24, 2.45) is 12.8 Å². The fourth-order valence-electron chi connectivity index (χ4n) is 1.23. The Morgan fingerprint density at radius 3 is 2.93 bits per heavy atom. The van der Waals surface area contributed by atoms with Crippen molar-refractivity contribution in [3.05, 3.63) is 11.9 Å². The molecule has 0 aromatic carbocycles. The van der Waals surface area contributed by atoms with Crippen molar-refractivity contribution >= 4 is 5.91 Å². The quantitative estimate of drug-likeness (QED) is 0.622. The summed E-state index contributed by atoms with van der Waals surface area (Å²) in [6.45, 7) is 0. The van der Waals surface area contributed by atoms with Crippen molar-refractivity contribution < 1.29 is 4.79 Å². The van der Waals surface area contributed by atoms with E-state index in [-0.39, 0.29) is 11.9 Å². The summed E-state index contributed by atoms with van der Waals surface area (Å²) in [7, 11) is 3.52. The molecule has 6 nitrogen and oxygen atoms in total. The largest absolute Gasteiger partial charge is 0.368 e. The number of nitrogens with two attached hydrogens (primary N) is 1. The molecule has 3 N–H and O–H groups in total. The second-order valence-corrected chi connectivity index (χ2v) is 3.17. The van der Waals surface area contributed by atoms with Crippen molar-refractivity contribution in [1.82, 2.24) is 20.3 Å². The molecule has 0 aliphatic carbocycles. The summed E-state index contributed by atoms with van der Waals surface area (Å²) >= 11 is 0. The molecule has 1 heterocycles. The zero-order chi connectivity index (χ0) is 10.6. The zero-order valence-electron chi connectivity index (χ0n) is 8.40. The van der Waals surface area contributed by atoms with Crippen LogP contribution in [0.15, 0.2) is 6.20 Å². The molecule has 1 unspecified atom stereocenters. The number of likely N-dealkylation sites (N-methyl/N-ethyl adjacent to an activating group) is 1. The van der Waals surface area contributed by atoms with Gasteiger partial charge in [0.05, 0.1) is 11.7 Å². The van der Waals surface area contributed by atoms with Gasteiger partial charge in [-0.1, -0.05) is 5.21 Å². The SMILES string of the molecule is CNC(CCc1cn(C)nn1)C(N)=O. The van der Waals surface area contributed by atoms with Gasteiger partial charge >= 0.3 is 0 Å².